The van der Waals surface area contributed by atoms with E-state index >= 15 is 0 Å². The van der Waals surface area contributed by atoms with Crippen molar-refractivity contribution < 1.29 is 22.7 Å². The fourth-order valence-electron chi connectivity index (χ4n) is 4.21. The quantitative estimate of drug-likeness (QED) is 0.489. The first-order chi connectivity index (χ1) is 16.5. The maximum atomic E-state index is 13.1. The van der Waals surface area contributed by atoms with Crippen LogP contribution < -0.4 is 10.0 Å². The van der Waals surface area contributed by atoms with E-state index < -0.39 is 28.1 Å². The van der Waals surface area contributed by atoms with Crippen LogP contribution in [0.5, 0.6) is 0 Å². The second-order valence-corrected chi connectivity index (χ2v) is 10.9. The average molecular weight is 543 g/mol. The molecule has 3 atom stereocenters. The number of benzene rings is 1. The molecule has 3 unspecified atom stereocenters. The lowest BCUT2D eigenvalue weighted by Crippen LogP contribution is -2.56. The van der Waals surface area contributed by atoms with Crippen LogP contribution in [0.2, 0.25) is 10.0 Å². The van der Waals surface area contributed by atoms with E-state index in [0.29, 0.717) is 11.3 Å². The summed E-state index contributed by atoms with van der Waals surface area (Å²) in [4.78, 5) is 28.8. The molecule has 12 heteroatoms. The number of esters is 1. The summed E-state index contributed by atoms with van der Waals surface area (Å²) in [7, 11) is -2.71. The molecule has 9 nitrogen and oxygen atoms in total. The number of ether oxygens (including phenoxy) is 1. The molecule has 3 rings (SSSR count). The normalized spacial score (nSPS) is 19.7. The number of anilines is 1. The summed E-state index contributed by atoms with van der Waals surface area (Å²) in [5.74, 6) is -1.19. The highest BCUT2D eigenvalue weighted by atomic mass is 35.5. The molecule has 0 bridgehead atoms. The van der Waals surface area contributed by atoms with Gasteiger partial charge in [-0.05, 0) is 50.8 Å². The summed E-state index contributed by atoms with van der Waals surface area (Å²) in [6, 6.07) is 5.19. The Morgan fingerprint density at radius 2 is 1.69 bits per heavy atom. The van der Waals surface area contributed by atoms with Crippen LogP contribution in [0.1, 0.15) is 49.0 Å². The number of nitrogens with one attached hydrogen (secondary N) is 2. The van der Waals surface area contributed by atoms with Gasteiger partial charge in [0.05, 0.1) is 22.7 Å². The highest BCUT2D eigenvalue weighted by Crippen LogP contribution is 2.26. The molecule has 190 valence electrons. The minimum Gasteiger partial charge on any atom is -0.468 e. The number of nitrogens with zero attached hydrogens (tertiary/aromatic N) is 2. The Morgan fingerprint density at radius 3 is 2.23 bits per heavy atom. The minimum atomic E-state index is -3.92. The predicted molar refractivity (Wildman–Crippen MR) is 135 cm³/mol. The number of hydrogen-bond acceptors (Lipinski definition) is 6. The Morgan fingerprint density at radius 1 is 1.11 bits per heavy atom. The number of aromatic nitrogens is 1. The lowest BCUT2D eigenvalue weighted by molar-refractivity contribution is -0.142. The number of carbonyl (C=O) groups is 2. The van der Waals surface area contributed by atoms with Crippen molar-refractivity contribution in [3.05, 3.63) is 57.8 Å². The maximum absolute atomic E-state index is 13.1. The third-order valence-electron chi connectivity index (χ3n) is 5.90. The molecule has 0 aliphatic carbocycles. The topological polar surface area (TPSA) is 118 Å². The zero-order valence-corrected chi connectivity index (χ0v) is 22.0. The van der Waals surface area contributed by atoms with Crippen molar-refractivity contribution in [1.29, 1.82) is 0 Å². The van der Waals surface area contributed by atoms with Crippen LogP contribution in [0.25, 0.3) is 0 Å². The third kappa shape index (κ3) is 6.71. The van der Waals surface area contributed by atoms with Gasteiger partial charge in [-0.2, -0.15) is 17.4 Å². The lowest BCUT2D eigenvalue weighted by atomic mass is 10.0. The minimum absolute atomic E-state index is 0.0682. The third-order valence-corrected chi connectivity index (χ3v) is 8.33. The van der Waals surface area contributed by atoms with Gasteiger partial charge in [0.15, 0.2) is 0 Å². The van der Waals surface area contributed by atoms with E-state index in [1.807, 2.05) is 13.8 Å². The number of rotatable bonds is 8. The smallest absolute Gasteiger partial charge is 0.324 e. The van der Waals surface area contributed by atoms with E-state index in [9.17, 15) is 18.0 Å². The molecule has 0 radical (unpaired) electrons. The van der Waals surface area contributed by atoms with Crippen LogP contribution in [0.15, 0.2) is 36.7 Å². The number of carbonyl (C=O) groups excluding carboxylic acids is 2. The second-order valence-electron chi connectivity index (χ2n) is 8.49. The van der Waals surface area contributed by atoms with Crippen LogP contribution in [0.3, 0.4) is 0 Å². The van der Waals surface area contributed by atoms with Crippen LogP contribution in [0, 0.1) is 0 Å². The van der Waals surface area contributed by atoms with Gasteiger partial charge in [0, 0.05) is 30.2 Å². The van der Waals surface area contributed by atoms with Gasteiger partial charge < -0.3 is 10.1 Å². The number of piperidine rings is 1. The molecule has 0 saturated carbocycles. The molecule has 35 heavy (non-hydrogen) atoms. The fraction of sp³-hybridized carbons (Fsp3) is 0.435. The fourth-order valence-corrected chi connectivity index (χ4v) is 6.56. The predicted octanol–water partition coefficient (Wildman–Crippen LogP) is 3.82. The van der Waals surface area contributed by atoms with Crippen LogP contribution in [-0.4, -0.2) is 54.8 Å². The van der Waals surface area contributed by atoms with Crippen molar-refractivity contribution in [2.75, 3.05) is 12.4 Å². The Hall–Kier alpha value is -2.24. The number of pyridine rings is 1. The molecule has 2 heterocycles. The van der Waals surface area contributed by atoms with Gasteiger partial charge in [-0.25, -0.2) is 0 Å². The Kier molecular flexibility index (Phi) is 9.11. The largest absolute Gasteiger partial charge is 0.468 e. The number of amides is 1. The van der Waals surface area contributed by atoms with Gasteiger partial charge in [-0.1, -0.05) is 41.8 Å². The molecule has 2 aromatic rings. The van der Waals surface area contributed by atoms with Gasteiger partial charge >= 0.3 is 5.97 Å². The Balaban J connectivity index is 1.72. The van der Waals surface area contributed by atoms with Crippen molar-refractivity contribution in [2.24, 2.45) is 0 Å². The molecule has 1 amide bonds. The van der Waals surface area contributed by atoms with Crippen molar-refractivity contribution >= 4 is 51.0 Å². The molecular weight excluding hydrogens is 515 g/mol. The van der Waals surface area contributed by atoms with Gasteiger partial charge in [0.1, 0.15) is 6.04 Å². The van der Waals surface area contributed by atoms with E-state index in [-0.39, 0.29) is 34.1 Å². The Bertz CT molecular complexity index is 1150. The molecule has 1 aliphatic rings. The van der Waals surface area contributed by atoms with Crippen molar-refractivity contribution in [1.82, 2.24) is 14.0 Å². The van der Waals surface area contributed by atoms with Gasteiger partial charge in [-0.15, -0.1) is 0 Å². The zero-order chi connectivity index (χ0) is 25.8. The summed E-state index contributed by atoms with van der Waals surface area (Å²) in [6.45, 7) is 3.72. The summed E-state index contributed by atoms with van der Waals surface area (Å²) in [5, 5.41) is 2.94. The van der Waals surface area contributed by atoms with E-state index in [2.05, 4.69) is 15.0 Å². The molecular formula is C23H28Cl2N4O5S. The van der Waals surface area contributed by atoms with Gasteiger partial charge in [-0.3, -0.25) is 14.6 Å². The molecule has 1 aromatic carbocycles. The highest BCUT2D eigenvalue weighted by Gasteiger charge is 2.37. The number of halogens is 2. The van der Waals surface area contributed by atoms with E-state index in [0.717, 1.165) is 19.3 Å². The van der Waals surface area contributed by atoms with Crippen LogP contribution in [0.4, 0.5) is 5.69 Å². The average Bonchev–Trinajstić information content (AvgIpc) is 2.78. The zero-order valence-electron chi connectivity index (χ0n) is 19.6. The van der Waals surface area contributed by atoms with Crippen LogP contribution >= 0.6 is 23.2 Å². The molecule has 1 aliphatic heterocycles. The summed E-state index contributed by atoms with van der Waals surface area (Å²) in [6.07, 6.45) is 5.19. The monoisotopic (exact) mass is 542 g/mol. The molecule has 1 saturated heterocycles. The standard InChI is InChI=1S/C23H28Cl2N4O5S/c1-14-5-4-6-15(2)29(14)35(32,33)28-20(23(31)34-3)11-16-7-9-17(10-8-16)27-22(30)21-18(24)12-26-13-19(21)25/h7-10,12-15,20,28H,4-6,11H2,1-3H3,(H,27,30). The first-order valence-electron chi connectivity index (χ1n) is 11.1. The van der Waals surface area contributed by atoms with E-state index in [1.165, 1.54) is 23.8 Å². The molecule has 1 fully saturated rings. The molecule has 0 spiro atoms. The van der Waals surface area contributed by atoms with Gasteiger partial charge in [0.25, 0.3) is 16.1 Å². The second kappa shape index (κ2) is 11.7. The van der Waals surface area contributed by atoms with Crippen molar-refractivity contribution in [2.45, 2.75) is 57.7 Å². The lowest BCUT2D eigenvalue weighted by Gasteiger charge is -2.38. The van der Waals surface area contributed by atoms with Crippen molar-refractivity contribution in [3.63, 3.8) is 0 Å². The van der Waals surface area contributed by atoms with Gasteiger partial charge in [0.2, 0.25) is 0 Å². The van der Waals surface area contributed by atoms with Crippen molar-refractivity contribution in [3.8, 4) is 0 Å². The summed E-state index contributed by atoms with van der Waals surface area (Å²) in [5.41, 5.74) is 1.24. The van der Waals surface area contributed by atoms with E-state index in [1.54, 1.807) is 24.3 Å². The molecule has 2 N–H and O–H groups in total. The number of hydrogen-bond donors (Lipinski definition) is 2. The first-order valence-corrected chi connectivity index (χ1v) is 13.3. The maximum Gasteiger partial charge on any atom is 0.324 e. The molecule has 1 aromatic heterocycles. The summed E-state index contributed by atoms with van der Waals surface area (Å²) >= 11 is 12.1. The highest BCUT2D eigenvalue weighted by molar-refractivity contribution is 7.87. The first kappa shape index (κ1) is 27.3. The van der Waals surface area contributed by atoms with Crippen LogP contribution in [-0.2, 0) is 26.2 Å². The Labute approximate surface area is 215 Å². The van der Waals surface area contributed by atoms with E-state index in [4.69, 9.17) is 27.9 Å². The SMILES string of the molecule is COC(=O)C(Cc1ccc(NC(=O)c2c(Cl)cncc2Cl)cc1)NS(=O)(=O)N1C(C)CCCC1C. The number of methoxy groups -OCH3 is 1. The summed E-state index contributed by atoms with van der Waals surface area (Å²) < 4.78 is 35.1.